The molecule has 0 aliphatic heterocycles. The number of nitrogens with two attached hydrogens (primary N) is 1. The molecule has 2 aromatic rings. The van der Waals surface area contributed by atoms with Crippen LogP contribution in [0.2, 0.25) is 0 Å². The van der Waals surface area contributed by atoms with Crippen LogP contribution in [0.4, 0.5) is 4.39 Å². The molecule has 1 aromatic carbocycles. The topological polar surface area (TPSA) is 55.1 Å². The molecule has 0 spiro atoms. The van der Waals surface area contributed by atoms with Gasteiger partial charge in [0.2, 0.25) is 0 Å². The zero-order valence-corrected chi connectivity index (χ0v) is 7.90. The van der Waals surface area contributed by atoms with Crippen LogP contribution >= 0.6 is 11.3 Å². The van der Waals surface area contributed by atoms with Gasteiger partial charge < -0.3 is 0 Å². The number of carbonyl (C=O) groups excluding carboxylic acids is 1. The van der Waals surface area contributed by atoms with Crippen molar-refractivity contribution in [3.63, 3.8) is 0 Å². The summed E-state index contributed by atoms with van der Waals surface area (Å²) in [7, 11) is 0. The predicted octanol–water partition coefficient (Wildman–Crippen LogP) is 1.64. The number of benzene rings is 1. The number of halogens is 1. The Kier molecular flexibility index (Phi) is 2.18. The van der Waals surface area contributed by atoms with Gasteiger partial charge in [-0.2, -0.15) is 0 Å². The van der Waals surface area contributed by atoms with E-state index in [2.05, 4.69) is 0 Å². The smallest absolute Gasteiger partial charge is 0.275 e. The second-order valence-electron chi connectivity index (χ2n) is 2.77. The molecule has 3 nitrogen and oxygen atoms in total. The lowest BCUT2D eigenvalue weighted by atomic mass is 10.2. The highest BCUT2D eigenvalue weighted by molar-refractivity contribution is 7.20. The predicted molar refractivity (Wildman–Crippen MR) is 53.4 cm³/mol. The van der Waals surface area contributed by atoms with Gasteiger partial charge in [0.25, 0.3) is 5.91 Å². The summed E-state index contributed by atoms with van der Waals surface area (Å²) in [6, 6.07) is 6.07. The van der Waals surface area contributed by atoms with Gasteiger partial charge in [0.15, 0.2) is 0 Å². The molecule has 0 saturated heterocycles. The van der Waals surface area contributed by atoms with E-state index in [-0.39, 0.29) is 11.7 Å². The van der Waals surface area contributed by atoms with Crippen molar-refractivity contribution in [2.24, 2.45) is 5.84 Å². The van der Waals surface area contributed by atoms with Crippen molar-refractivity contribution in [2.45, 2.75) is 0 Å². The average molecular weight is 210 g/mol. The van der Waals surface area contributed by atoms with Crippen molar-refractivity contribution in [1.82, 2.24) is 5.43 Å². The zero-order valence-electron chi connectivity index (χ0n) is 7.08. The molecule has 3 N–H and O–H groups in total. The molecule has 0 aliphatic rings. The van der Waals surface area contributed by atoms with Crippen LogP contribution in [0.15, 0.2) is 24.3 Å². The van der Waals surface area contributed by atoms with Gasteiger partial charge in [-0.15, -0.1) is 11.3 Å². The molecule has 72 valence electrons. The Morgan fingerprint density at radius 2 is 2.21 bits per heavy atom. The third-order valence-corrected chi connectivity index (χ3v) is 2.93. The molecule has 0 unspecified atom stereocenters. The van der Waals surface area contributed by atoms with Gasteiger partial charge in [-0.1, -0.05) is 6.07 Å². The van der Waals surface area contributed by atoms with Gasteiger partial charge in [-0.05, 0) is 23.6 Å². The number of hydrogen-bond acceptors (Lipinski definition) is 3. The summed E-state index contributed by atoms with van der Waals surface area (Å²) in [6.45, 7) is 0. The number of rotatable bonds is 1. The highest BCUT2D eigenvalue weighted by Crippen LogP contribution is 2.25. The first-order chi connectivity index (χ1) is 6.70. The molecular formula is C9H7FN2OS. The molecule has 0 atom stereocenters. The summed E-state index contributed by atoms with van der Waals surface area (Å²) in [5, 5.41) is 0.843. The van der Waals surface area contributed by atoms with E-state index in [9.17, 15) is 9.18 Å². The summed E-state index contributed by atoms with van der Waals surface area (Å²) in [5.74, 6) is 4.33. The first kappa shape index (κ1) is 9.11. The van der Waals surface area contributed by atoms with E-state index in [1.807, 2.05) is 5.43 Å². The molecule has 0 fully saturated rings. The van der Waals surface area contributed by atoms with E-state index in [4.69, 9.17) is 5.84 Å². The van der Waals surface area contributed by atoms with Gasteiger partial charge in [0, 0.05) is 4.70 Å². The first-order valence-electron chi connectivity index (χ1n) is 3.91. The quantitative estimate of drug-likeness (QED) is 0.427. The lowest BCUT2D eigenvalue weighted by Crippen LogP contribution is -2.29. The summed E-state index contributed by atoms with van der Waals surface area (Å²) in [4.78, 5) is 11.6. The number of nitrogens with one attached hydrogen (secondary N) is 1. The second kappa shape index (κ2) is 3.36. The minimum atomic E-state index is -0.355. The maximum atomic E-state index is 12.8. The maximum Gasteiger partial charge on any atom is 0.275 e. The molecule has 5 heteroatoms. The highest BCUT2D eigenvalue weighted by Gasteiger charge is 2.08. The van der Waals surface area contributed by atoms with Gasteiger partial charge in [0.1, 0.15) is 5.82 Å². The van der Waals surface area contributed by atoms with Crippen molar-refractivity contribution >= 4 is 27.3 Å². The second-order valence-corrected chi connectivity index (χ2v) is 3.85. The SMILES string of the molecule is NNC(=O)c1cc2ccc(F)cc2s1. The summed E-state index contributed by atoms with van der Waals surface area (Å²) in [5.41, 5.74) is 2.03. The third kappa shape index (κ3) is 1.47. The molecule has 0 radical (unpaired) electrons. The van der Waals surface area contributed by atoms with Gasteiger partial charge in [0.05, 0.1) is 4.88 Å². The number of nitrogen functional groups attached to an aromatic ring is 1. The van der Waals surface area contributed by atoms with E-state index in [0.717, 1.165) is 10.1 Å². The first-order valence-corrected chi connectivity index (χ1v) is 4.72. The number of amides is 1. The minimum absolute atomic E-state index is 0.306. The van der Waals surface area contributed by atoms with Gasteiger partial charge in [-0.25, -0.2) is 10.2 Å². The molecule has 0 saturated carbocycles. The molecule has 0 bridgehead atoms. The van der Waals surface area contributed by atoms with E-state index in [1.54, 1.807) is 12.1 Å². The summed E-state index contributed by atoms with van der Waals surface area (Å²) >= 11 is 1.21. The van der Waals surface area contributed by atoms with Crippen LogP contribution in [0.5, 0.6) is 0 Å². The van der Waals surface area contributed by atoms with E-state index in [1.165, 1.54) is 23.5 Å². The fraction of sp³-hybridized carbons (Fsp3) is 0. The van der Waals surface area contributed by atoms with Gasteiger partial charge >= 0.3 is 0 Å². The molecule has 1 heterocycles. The Morgan fingerprint density at radius 3 is 2.93 bits per heavy atom. The summed E-state index contributed by atoms with van der Waals surface area (Å²) < 4.78 is 13.5. The number of thiophene rings is 1. The molecule has 1 aromatic heterocycles. The van der Waals surface area contributed by atoms with Crippen LogP contribution in [0.25, 0.3) is 10.1 Å². The maximum absolute atomic E-state index is 12.8. The van der Waals surface area contributed by atoms with Crippen LogP contribution in [0.1, 0.15) is 9.67 Å². The molecular weight excluding hydrogens is 203 g/mol. The van der Waals surface area contributed by atoms with Gasteiger partial charge in [-0.3, -0.25) is 10.2 Å². The number of carbonyl (C=O) groups is 1. The highest BCUT2D eigenvalue weighted by atomic mass is 32.1. The van der Waals surface area contributed by atoms with Crippen LogP contribution in [0, 0.1) is 5.82 Å². The Labute approximate surface area is 83.3 Å². The van der Waals surface area contributed by atoms with Crippen molar-refractivity contribution in [3.05, 3.63) is 35.0 Å². The van der Waals surface area contributed by atoms with Crippen LogP contribution in [-0.2, 0) is 0 Å². The van der Waals surface area contributed by atoms with Crippen molar-refractivity contribution in [2.75, 3.05) is 0 Å². The number of hydrogen-bond donors (Lipinski definition) is 2. The standard InChI is InChI=1S/C9H7FN2OS/c10-6-2-1-5-3-8(9(13)12-11)14-7(5)4-6/h1-4H,11H2,(H,12,13). The largest absolute Gasteiger partial charge is 0.289 e. The Morgan fingerprint density at radius 1 is 1.43 bits per heavy atom. The summed E-state index contributed by atoms with van der Waals surface area (Å²) in [6.07, 6.45) is 0. The van der Waals surface area contributed by atoms with Crippen LogP contribution in [0.3, 0.4) is 0 Å². The van der Waals surface area contributed by atoms with Crippen molar-refractivity contribution in [1.29, 1.82) is 0 Å². The number of hydrazine groups is 1. The fourth-order valence-electron chi connectivity index (χ4n) is 1.19. The van der Waals surface area contributed by atoms with Crippen LogP contribution in [-0.4, -0.2) is 5.91 Å². The van der Waals surface area contributed by atoms with Crippen LogP contribution < -0.4 is 11.3 Å². The number of fused-ring (bicyclic) bond motifs is 1. The van der Waals surface area contributed by atoms with E-state index in [0.29, 0.717) is 4.88 Å². The molecule has 0 aliphatic carbocycles. The lowest BCUT2D eigenvalue weighted by molar-refractivity contribution is 0.0958. The zero-order chi connectivity index (χ0) is 10.1. The Hall–Kier alpha value is -1.46. The molecule has 14 heavy (non-hydrogen) atoms. The molecule has 1 amide bonds. The monoisotopic (exact) mass is 210 g/mol. The lowest BCUT2D eigenvalue weighted by Gasteiger charge is -1.90. The normalized spacial score (nSPS) is 10.4. The third-order valence-electron chi connectivity index (χ3n) is 1.84. The Balaban J connectivity index is 2.56. The molecule has 2 rings (SSSR count). The van der Waals surface area contributed by atoms with E-state index >= 15 is 0 Å². The van der Waals surface area contributed by atoms with Crippen molar-refractivity contribution < 1.29 is 9.18 Å². The average Bonchev–Trinajstić information content (AvgIpc) is 2.59. The minimum Gasteiger partial charge on any atom is -0.289 e. The van der Waals surface area contributed by atoms with E-state index < -0.39 is 0 Å². The fourth-order valence-corrected chi connectivity index (χ4v) is 2.18. The van der Waals surface area contributed by atoms with Crippen molar-refractivity contribution in [3.8, 4) is 0 Å². The Bertz CT molecular complexity index is 495.